The van der Waals surface area contributed by atoms with Crippen molar-refractivity contribution in [1.82, 2.24) is 4.90 Å². The smallest absolute Gasteiger partial charge is 0.291 e. The maximum Gasteiger partial charge on any atom is 0.291 e. The molecule has 2 aromatic rings. The molecule has 7 nitrogen and oxygen atoms in total. The van der Waals surface area contributed by atoms with Crippen LogP contribution in [0.25, 0.3) is 0 Å². The van der Waals surface area contributed by atoms with E-state index in [2.05, 4.69) is 0 Å². The van der Waals surface area contributed by atoms with E-state index in [1.54, 1.807) is 42.3 Å². The molecule has 3 rings (SSSR count). The van der Waals surface area contributed by atoms with Gasteiger partial charge in [-0.25, -0.2) is 0 Å². The quantitative estimate of drug-likeness (QED) is 0.364. The largest absolute Gasteiger partial charge is 0.497 e. The van der Waals surface area contributed by atoms with Gasteiger partial charge in [-0.05, 0) is 55.3 Å². The molecule has 0 saturated carbocycles. The summed E-state index contributed by atoms with van der Waals surface area (Å²) in [7, 11) is 5.54. The molecule has 2 aromatic carbocycles. The zero-order valence-electron chi connectivity index (χ0n) is 19.3. The van der Waals surface area contributed by atoms with E-state index in [9.17, 15) is 14.4 Å². The van der Waals surface area contributed by atoms with Crippen LogP contribution in [0.1, 0.15) is 34.5 Å². The van der Waals surface area contributed by atoms with Gasteiger partial charge in [-0.1, -0.05) is 12.1 Å². The Morgan fingerprint density at radius 2 is 1.78 bits per heavy atom. The van der Waals surface area contributed by atoms with Gasteiger partial charge in [0.25, 0.3) is 5.91 Å². The Morgan fingerprint density at radius 1 is 1.09 bits per heavy atom. The first-order valence-corrected chi connectivity index (χ1v) is 10.8. The van der Waals surface area contributed by atoms with Crippen LogP contribution in [0.2, 0.25) is 0 Å². The van der Waals surface area contributed by atoms with E-state index in [4.69, 9.17) is 9.47 Å². The molecule has 1 amide bonds. The number of rotatable bonds is 9. The molecule has 1 fully saturated rings. The highest BCUT2D eigenvalue weighted by molar-refractivity contribution is 6.44. The highest BCUT2D eigenvalue weighted by atomic mass is 16.5. The van der Waals surface area contributed by atoms with Crippen molar-refractivity contribution < 1.29 is 28.8 Å². The van der Waals surface area contributed by atoms with Crippen LogP contribution in [0.3, 0.4) is 0 Å². The van der Waals surface area contributed by atoms with E-state index >= 15 is 0 Å². The third-order valence-corrected chi connectivity index (χ3v) is 5.76. The van der Waals surface area contributed by atoms with Gasteiger partial charge in [0.1, 0.15) is 17.4 Å². The molecule has 0 aliphatic carbocycles. The Labute approximate surface area is 188 Å². The molecule has 32 heavy (non-hydrogen) atoms. The SMILES string of the molecule is CCOc1ccc(C(=O)C2C(=O)C(=O)N(CC[NH+](C)C)C2c2ccc(OC)cc2)cc1C. The molecule has 1 aliphatic rings. The minimum atomic E-state index is -1.09. The van der Waals surface area contributed by atoms with E-state index < -0.39 is 23.7 Å². The van der Waals surface area contributed by atoms with Crippen molar-refractivity contribution >= 4 is 17.5 Å². The third kappa shape index (κ3) is 4.67. The number of nitrogens with zero attached hydrogens (tertiary/aromatic N) is 1. The fraction of sp³-hybridized carbons (Fsp3) is 0.400. The molecule has 0 aromatic heterocycles. The van der Waals surface area contributed by atoms with Crippen LogP contribution in [0.5, 0.6) is 11.5 Å². The number of aryl methyl sites for hydroxylation is 1. The normalized spacial score (nSPS) is 18.4. The number of quaternary nitrogens is 1. The highest BCUT2D eigenvalue weighted by Crippen LogP contribution is 2.38. The summed E-state index contributed by atoms with van der Waals surface area (Å²) in [6.45, 7) is 5.32. The number of hydrogen-bond acceptors (Lipinski definition) is 5. The van der Waals surface area contributed by atoms with Crippen LogP contribution in [0.15, 0.2) is 42.5 Å². The van der Waals surface area contributed by atoms with Crippen molar-refractivity contribution in [3.63, 3.8) is 0 Å². The fourth-order valence-corrected chi connectivity index (χ4v) is 4.04. The maximum absolute atomic E-state index is 13.5. The Morgan fingerprint density at radius 3 is 2.34 bits per heavy atom. The van der Waals surface area contributed by atoms with Gasteiger partial charge < -0.3 is 19.3 Å². The monoisotopic (exact) mass is 439 g/mol. The number of nitrogens with one attached hydrogen (secondary N) is 1. The molecule has 0 bridgehead atoms. The average molecular weight is 440 g/mol. The standard InChI is InChI=1S/C25H30N2O5/c1-6-32-20-12-9-18(15-16(20)2)23(28)21-22(17-7-10-19(31-5)11-8-17)27(14-13-26(3)4)25(30)24(21)29/h7-12,15,21-22H,6,13-14H2,1-5H3/p+1. The van der Waals surface area contributed by atoms with Gasteiger partial charge in [0.05, 0.1) is 46.9 Å². The molecule has 1 heterocycles. The highest BCUT2D eigenvalue weighted by Gasteiger charge is 2.51. The third-order valence-electron chi connectivity index (χ3n) is 5.76. The number of ether oxygens (including phenoxy) is 2. The van der Waals surface area contributed by atoms with Gasteiger partial charge in [0.2, 0.25) is 5.78 Å². The summed E-state index contributed by atoms with van der Waals surface area (Å²) in [4.78, 5) is 42.3. The number of carbonyl (C=O) groups excluding carboxylic acids is 3. The number of likely N-dealkylation sites (N-methyl/N-ethyl adjacent to an activating group) is 1. The number of benzene rings is 2. The molecule has 1 aliphatic heterocycles. The van der Waals surface area contributed by atoms with Gasteiger partial charge in [-0.15, -0.1) is 0 Å². The average Bonchev–Trinajstić information content (AvgIpc) is 3.03. The Bertz CT molecular complexity index is 1000. The van der Waals surface area contributed by atoms with Crippen molar-refractivity contribution in [2.45, 2.75) is 19.9 Å². The van der Waals surface area contributed by atoms with E-state index in [1.165, 1.54) is 0 Å². The molecule has 1 saturated heterocycles. The lowest BCUT2D eigenvalue weighted by molar-refractivity contribution is -0.857. The molecule has 0 spiro atoms. The molecule has 2 unspecified atom stereocenters. The van der Waals surface area contributed by atoms with E-state index in [-0.39, 0.29) is 5.78 Å². The summed E-state index contributed by atoms with van der Waals surface area (Å²) >= 11 is 0. The molecule has 170 valence electrons. The van der Waals surface area contributed by atoms with Crippen LogP contribution in [0, 0.1) is 12.8 Å². The molecule has 1 N–H and O–H groups in total. The molecule has 2 atom stereocenters. The summed E-state index contributed by atoms with van der Waals surface area (Å²) < 4.78 is 10.8. The summed E-state index contributed by atoms with van der Waals surface area (Å²) in [5.41, 5.74) is 1.94. The maximum atomic E-state index is 13.5. The number of hydrogen-bond donors (Lipinski definition) is 1. The van der Waals surface area contributed by atoms with Gasteiger partial charge in [0.15, 0.2) is 5.78 Å². The molecule has 7 heteroatoms. The van der Waals surface area contributed by atoms with Crippen molar-refractivity contribution in [1.29, 1.82) is 0 Å². The van der Waals surface area contributed by atoms with Crippen LogP contribution < -0.4 is 14.4 Å². The number of carbonyl (C=O) groups is 3. The zero-order chi connectivity index (χ0) is 23.4. The second kappa shape index (κ2) is 9.96. The first-order chi connectivity index (χ1) is 15.3. The lowest BCUT2D eigenvalue weighted by Crippen LogP contribution is -3.06. The van der Waals surface area contributed by atoms with Gasteiger partial charge in [0, 0.05) is 5.56 Å². The van der Waals surface area contributed by atoms with Crippen LogP contribution in [-0.4, -0.2) is 63.3 Å². The Kier molecular flexibility index (Phi) is 7.30. The first-order valence-electron chi connectivity index (χ1n) is 10.8. The van der Waals surface area contributed by atoms with Crippen LogP contribution in [0.4, 0.5) is 0 Å². The predicted octanol–water partition coefficient (Wildman–Crippen LogP) is 1.50. The van der Waals surface area contributed by atoms with Crippen LogP contribution in [-0.2, 0) is 9.59 Å². The predicted molar refractivity (Wildman–Crippen MR) is 120 cm³/mol. The lowest BCUT2D eigenvalue weighted by atomic mass is 9.86. The topological polar surface area (TPSA) is 77.4 Å². The second-order valence-corrected chi connectivity index (χ2v) is 8.29. The number of Topliss-reactive ketones (excluding diaryl/α,β-unsaturated/α-hetero) is 2. The number of amides is 1. The number of methoxy groups -OCH3 is 1. The number of ketones is 2. The van der Waals surface area contributed by atoms with Crippen molar-refractivity contribution in [3.05, 3.63) is 59.2 Å². The summed E-state index contributed by atoms with van der Waals surface area (Å²) in [5.74, 6) is -1.34. The minimum Gasteiger partial charge on any atom is -0.497 e. The minimum absolute atomic E-state index is 0.352. The van der Waals surface area contributed by atoms with E-state index in [1.807, 2.05) is 40.1 Å². The Balaban J connectivity index is 2.01. The zero-order valence-corrected chi connectivity index (χ0v) is 19.3. The second-order valence-electron chi connectivity index (χ2n) is 8.29. The fourth-order valence-electron chi connectivity index (χ4n) is 4.04. The molecular weight excluding hydrogens is 408 g/mol. The van der Waals surface area contributed by atoms with E-state index in [0.29, 0.717) is 36.8 Å². The lowest BCUT2D eigenvalue weighted by Gasteiger charge is -2.27. The van der Waals surface area contributed by atoms with Gasteiger partial charge >= 0.3 is 0 Å². The van der Waals surface area contributed by atoms with E-state index in [0.717, 1.165) is 16.0 Å². The van der Waals surface area contributed by atoms with Crippen LogP contribution >= 0.6 is 0 Å². The number of likely N-dealkylation sites (tertiary alicyclic amines) is 1. The summed E-state index contributed by atoms with van der Waals surface area (Å²) in [6.07, 6.45) is 0. The summed E-state index contributed by atoms with van der Waals surface area (Å²) in [5, 5.41) is 0. The van der Waals surface area contributed by atoms with Crippen molar-refractivity contribution in [2.75, 3.05) is 40.9 Å². The molecular formula is C25H31N2O5+. The van der Waals surface area contributed by atoms with Crippen molar-refractivity contribution in [2.24, 2.45) is 5.92 Å². The van der Waals surface area contributed by atoms with Gasteiger partial charge in [-0.2, -0.15) is 0 Å². The Hall–Kier alpha value is -3.19. The van der Waals surface area contributed by atoms with Crippen molar-refractivity contribution in [3.8, 4) is 11.5 Å². The molecule has 0 radical (unpaired) electrons. The summed E-state index contributed by atoms with van der Waals surface area (Å²) in [6, 6.07) is 11.7. The first kappa shape index (κ1) is 23.5. The van der Waals surface area contributed by atoms with Gasteiger partial charge in [-0.3, -0.25) is 14.4 Å².